The highest BCUT2D eigenvalue weighted by atomic mass is 16.5. The van der Waals surface area contributed by atoms with E-state index in [1.54, 1.807) is 0 Å². The first-order valence-electron chi connectivity index (χ1n) is 6.06. The van der Waals surface area contributed by atoms with E-state index in [2.05, 4.69) is 30.1 Å². The smallest absolute Gasteiger partial charge is 0.356 e. The maximum atomic E-state index is 10.7. The Hall–Kier alpha value is -2.30. The summed E-state index contributed by atoms with van der Waals surface area (Å²) in [6.07, 6.45) is 0. The van der Waals surface area contributed by atoms with Crippen LogP contribution in [0.15, 0.2) is 30.3 Å². The van der Waals surface area contributed by atoms with Crippen molar-refractivity contribution in [3.63, 3.8) is 0 Å². The monoisotopic (exact) mass is 260 g/mol. The van der Waals surface area contributed by atoms with Gasteiger partial charge in [-0.2, -0.15) is 5.10 Å². The molecule has 0 saturated carbocycles. The van der Waals surface area contributed by atoms with E-state index in [1.807, 2.05) is 18.2 Å². The topological polar surface area (TPSA) is 75.2 Å². The van der Waals surface area contributed by atoms with Gasteiger partial charge in [0.05, 0.1) is 5.69 Å². The highest BCUT2D eigenvalue weighted by Gasteiger charge is 2.08. The molecule has 0 spiro atoms. The predicted molar refractivity (Wildman–Crippen MR) is 70.4 cm³/mol. The molecule has 0 aliphatic heterocycles. The maximum absolute atomic E-state index is 10.7. The third-order valence-electron chi connectivity index (χ3n) is 2.77. The molecule has 0 aliphatic rings. The summed E-state index contributed by atoms with van der Waals surface area (Å²) in [5.74, 6) is 0.149. The van der Waals surface area contributed by atoms with Crippen LogP contribution in [-0.4, -0.2) is 21.3 Å². The number of hydrogen-bond donors (Lipinski definition) is 2. The lowest BCUT2D eigenvalue weighted by Gasteiger charge is -2.09. The number of carbonyl (C=O) groups is 1. The van der Waals surface area contributed by atoms with Crippen LogP contribution in [0.3, 0.4) is 0 Å². The number of carboxylic acids is 1. The zero-order valence-electron chi connectivity index (χ0n) is 10.9. The van der Waals surface area contributed by atoms with Gasteiger partial charge in [-0.25, -0.2) is 4.79 Å². The summed E-state index contributed by atoms with van der Waals surface area (Å²) in [6, 6.07) is 9.32. The maximum Gasteiger partial charge on any atom is 0.356 e. The first kappa shape index (κ1) is 13.1. The molecule has 0 saturated heterocycles. The third-order valence-corrected chi connectivity index (χ3v) is 2.77. The van der Waals surface area contributed by atoms with Gasteiger partial charge < -0.3 is 9.84 Å². The molecule has 0 aliphatic carbocycles. The molecule has 0 bridgehead atoms. The second-order valence-electron chi connectivity index (χ2n) is 4.60. The summed E-state index contributed by atoms with van der Waals surface area (Å²) < 4.78 is 5.61. The van der Waals surface area contributed by atoms with Gasteiger partial charge in [0.25, 0.3) is 0 Å². The lowest BCUT2D eigenvalue weighted by Crippen LogP contribution is -1.97. The molecular formula is C14H16N2O3. The Labute approximate surface area is 111 Å². The summed E-state index contributed by atoms with van der Waals surface area (Å²) in [4.78, 5) is 10.7. The number of aromatic amines is 1. The number of rotatable bonds is 5. The van der Waals surface area contributed by atoms with Crippen LogP contribution in [0.5, 0.6) is 5.75 Å². The average Bonchev–Trinajstić information content (AvgIpc) is 2.85. The molecule has 2 rings (SSSR count). The fourth-order valence-corrected chi connectivity index (χ4v) is 1.67. The number of ether oxygens (including phenoxy) is 1. The summed E-state index contributed by atoms with van der Waals surface area (Å²) in [6.45, 7) is 4.50. The van der Waals surface area contributed by atoms with Crippen LogP contribution in [-0.2, 0) is 6.61 Å². The van der Waals surface area contributed by atoms with Crippen LogP contribution in [0.25, 0.3) is 0 Å². The van der Waals surface area contributed by atoms with Crippen molar-refractivity contribution in [2.45, 2.75) is 26.4 Å². The van der Waals surface area contributed by atoms with E-state index in [0.29, 0.717) is 11.6 Å². The zero-order chi connectivity index (χ0) is 13.8. The second-order valence-corrected chi connectivity index (χ2v) is 4.60. The number of carboxylic acid groups (broad SMARTS) is 1. The Kier molecular flexibility index (Phi) is 3.85. The molecule has 0 radical (unpaired) electrons. The van der Waals surface area contributed by atoms with E-state index >= 15 is 0 Å². The van der Waals surface area contributed by atoms with Crippen LogP contribution in [0.1, 0.15) is 41.5 Å². The molecule has 0 unspecified atom stereocenters. The number of nitrogens with one attached hydrogen (secondary N) is 1. The zero-order valence-corrected chi connectivity index (χ0v) is 10.9. The van der Waals surface area contributed by atoms with E-state index in [1.165, 1.54) is 11.6 Å². The summed E-state index contributed by atoms with van der Waals surface area (Å²) in [5, 5.41) is 15.1. The lowest BCUT2D eigenvalue weighted by molar-refractivity contribution is 0.0690. The van der Waals surface area contributed by atoms with Gasteiger partial charge in [-0.1, -0.05) is 26.0 Å². The Morgan fingerprint density at radius 2 is 2.21 bits per heavy atom. The van der Waals surface area contributed by atoms with Crippen LogP contribution in [0.4, 0.5) is 0 Å². The van der Waals surface area contributed by atoms with Crippen molar-refractivity contribution >= 4 is 5.97 Å². The molecule has 0 amide bonds. The molecule has 1 aromatic heterocycles. The van der Waals surface area contributed by atoms with Crippen molar-refractivity contribution in [1.29, 1.82) is 0 Å². The van der Waals surface area contributed by atoms with Gasteiger partial charge in [0, 0.05) is 0 Å². The Balaban J connectivity index is 2.01. The van der Waals surface area contributed by atoms with Gasteiger partial charge >= 0.3 is 5.97 Å². The third kappa shape index (κ3) is 3.34. The minimum atomic E-state index is -1.05. The molecule has 0 fully saturated rings. The van der Waals surface area contributed by atoms with E-state index in [0.717, 1.165) is 5.75 Å². The summed E-state index contributed by atoms with van der Waals surface area (Å²) in [5.41, 5.74) is 1.83. The molecule has 1 aromatic carbocycles. The molecule has 100 valence electrons. The van der Waals surface area contributed by atoms with Crippen molar-refractivity contribution in [3.8, 4) is 5.75 Å². The molecule has 5 heteroatoms. The predicted octanol–water partition coefficient (Wildman–Crippen LogP) is 2.81. The van der Waals surface area contributed by atoms with Crippen molar-refractivity contribution in [2.24, 2.45) is 0 Å². The molecular weight excluding hydrogens is 244 g/mol. The van der Waals surface area contributed by atoms with Crippen LogP contribution in [0.2, 0.25) is 0 Å². The number of hydrogen-bond acceptors (Lipinski definition) is 3. The number of benzene rings is 1. The Morgan fingerprint density at radius 3 is 2.84 bits per heavy atom. The standard InChI is InChI=1S/C14H16N2O3/c1-9(2)10-4-3-5-12(6-10)19-8-11-7-13(14(17)18)16-15-11/h3-7,9H,8H2,1-2H3,(H,15,16)(H,17,18). The Morgan fingerprint density at radius 1 is 1.42 bits per heavy atom. The molecule has 0 atom stereocenters. The van der Waals surface area contributed by atoms with Crippen LogP contribution < -0.4 is 4.74 Å². The van der Waals surface area contributed by atoms with Crippen LogP contribution in [0, 0.1) is 0 Å². The normalized spacial score (nSPS) is 10.7. The van der Waals surface area contributed by atoms with E-state index < -0.39 is 5.97 Å². The second kappa shape index (κ2) is 5.56. The first-order chi connectivity index (χ1) is 9.06. The summed E-state index contributed by atoms with van der Waals surface area (Å²) >= 11 is 0. The van der Waals surface area contributed by atoms with Crippen molar-refractivity contribution < 1.29 is 14.6 Å². The van der Waals surface area contributed by atoms with Crippen LogP contribution >= 0.6 is 0 Å². The first-order valence-corrected chi connectivity index (χ1v) is 6.06. The van der Waals surface area contributed by atoms with Gasteiger partial charge in [0.15, 0.2) is 5.69 Å². The average molecular weight is 260 g/mol. The number of nitrogens with zero attached hydrogens (tertiary/aromatic N) is 1. The van der Waals surface area contributed by atoms with E-state index in [4.69, 9.17) is 9.84 Å². The van der Waals surface area contributed by atoms with Crippen molar-refractivity contribution in [2.75, 3.05) is 0 Å². The largest absolute Gasteiger partial charge is 0.487 e. The highest BCUT2D eigenvalue weighted by molar-refractivity contribution is 5.85. The quantitative estimate of drug-likeness (QED) is 0.866. The van der Waals surface area contributed by atoms with Crippen molar-refractivity contribution in [1.82, 2.24) is 10.2 Å². The molecule has 2 N–H and O–H groups in total. The SMILES string of the molecule is CC(C)c1cccc(OCc2cc(C(=O)O)n[nH]2)c1. The van der Waals surface area contributed by atoms with E-state index in [-0.39, 0.29) is 12.3 Å². The highest BCUT2D eigenvalue weighted by Crippen LogP contribution is 2.20. The molecule has 2 aromatic rings. The molecule has 5 nitrogen and oxygen atoms in total. The van der Waals surface area contributed by atoms with Gasteiger partial charge in [0.1, 0.15) is 12.4 Å². The Bertz CT molecular complexity index is 576. The minimum absolute atomic E-state index is 0.00506. The molecule has 19 heavy (non-hydrogen) atoms. The van der Waals surface area contributed by atoms with Gasteiger partial charge in [-0.05, 0) is 29.7 Å². The van der Waals surface area contributed by atoms with Crippen molar-refractivity contribution in [3.05, 3.63) is 47.3 Å². The fourth-order valence-electron chi connectivity index (χ4n) is 1.67. The molecule has 1 heterocycles. The number of aromatic nitrogens is 2. The number of aromatic carboxylic acids is 1. The lowest BCUT2D eigenvalue weighted by atomic mass is 10.0. The number of H-pyrrole nitrogens is 1. The van der Waals surface area contributed by atoms with E-state index in [9.17, 15) is 4.79 Å². The van der Waals surface area contributed by atoms with Gasteiger partial charge in [-0.3, -0.25) is 5.10 Å². The van der Waals surface area contributed by atoms with Gasteiger partial charge in [-0.15, -0.1) is 0 Å². The minimum Gasteiger partial charge on any atom is -0.487 e. The van der Waals surface area contributed by atoms with Gasteiger partial charge in [0.2, 0.25) is 0 Å². The summed E-state index contributed by atoms with van der Waals surface area (Å²) in [7, 11) is 0. The fraction of sp³-hybridized carbons (Fsp3) is 0.286.